The van der Waals surface area contributed by atoms with Crippen molar-refractivity contribution in [3.63, 3.8) is 0 Å². The predicted molar refractivity (Wildman–Crippen MR) is 99.3 cm³/mol. The first-order valence-electron chi connectivity index (χ1n) is 9.57. The molecule has 2 heterocycles. The molecule has 1 unspecified atom stereocenters. The Hall–Kier alpha value is -1.43. The SMILES string of the molecule is CC1CCN(C(=O)CN2CCN(CC(O)c3ccccc3)CC2)CC1. The van der Waals surface area contributed by atoms with E-state index in [9.17, 15) is 9.90 Å². The molecule has 0 spiro atoms. The summed E-state index contributed by atoms with van der Waals surface area (Å²) in [6.07, 6.45) is 1.83. The van der Waals surface area contributed by atoms with Gasteiger partial charge >= 0.3 is 0 Å². The van der Waals surface area contributed by atoms with E-state index < -0.39 is 6.10 Å². The number of benzene rings is 1. The summed E-state index contributed by atoms with van der Waals surface area (Å²) < 4.78 is 0. The molecule has 2 saturated heterocycles. The number of likely N-dealkylation sites (tertiary alicyclic amines) is 1. The molecule has 2 aliphatic heterocycles. The average Bonchev–Trinajstić information content (AvgIpc) is 2.64. The summed E-state index contributed by atoms with van der Waals surface area (Å²) in [7, 11) is 0. The van der Waals surface area contributed by atoms with Crippen molar-refractivity contribution < 1.29 is 9.90 Å². The highest BCUT2D eigenvalue weighted by molar-refractivity contribution is 5.78. The van der Waals surface area contributed by atoms with Gasteiger partial charge in [-0.1, -0.05) is 37.3 Å². The lowest BCUT2D eigenvalue weighted by Crippen LogP contribution is -2.51. The molecule has 2 fully saturated rings. The minimum absolute atomic E-state index is 0.282. The van der Waals surface area contributed by atoms with Crippen LogP contribution in [0.1, 0.15) is 31.4 Å². The van der Waals surface area contributed by atoms with Crippen LogP contribution in [0.5, 0.6) is 0 Å². The summed E-state index contributed by atoms with van der Waals surface area (Å²) in [5.41, 5.74) is 0.972. The van der Waals surface area contributed by atoms with Gasteiger partial charge in [-0.2, -0.15) is 0 Å². The average molecular weight is 345 g/mol. The number of aliphatic hydroxyl groups excluding tert-OH is 1. The first-order chi connectivity index (χ1) is 12.1. The third-order valence-electron chi connectivity index (χ3n) is 5.58. The molecule has 1 atom stereocenters. The molecule has 1 N–H and O–H groups in total. The maximum Gasteiger partial charge on any atom is 0.236 e. The molecule has 2 aliphatic rings. The lowest BCUT2D eigenvalue weighted by atomic mass is 9.99. The number of piperidine rings is 1. The Labute approximate surface area is 151 Å². The van der Waals surface area contributed by atoms with Gasteiger partial charge in [-0.15, -0.1) is 0 Å². The maximum absolute atomic E-state index is 12.4. The van der Waals surface area contributed by atoms with E-state index in [1.807, 2.05) is 35.2 Å². The van der Waals surface area contributed by atoms with Crippen molar-refractivity contribution >= 4 is 5.91 Å². The fourth-order valence-electron chi connectivity index (χ4n) is 3.70. The second-order valence-corrected chi connectivity index (χ2v) is 7.57. The summed E-state index contributed by atoms with van der Waals surface area (Å²) in [6, 6.07) is 9.83. The number of nitrogens with zero attached hydrogens (tertiary/aromatic N) is 3. The Balaban J connectivity index is 1.39. The molecule has 5 heteroatoms. The van der Waals surface area contributed by atoms with Crippen molar-refractivity contribution in [3.05, 3.63) is 35.9 Å². The van der Waals surface area contributed by atoms with Crippen molar-refractivity contribution in [2.75, 3.05) is 52.4 Å². The molecule has 5 nitrogen and oxygen atoms in total. The number of carbonyl (C=O) groups excluding carboxylic acids is 1. The highest BCUT2D eigenvalue weighted by Gasteiger charge is 2.25. The normalized spacial score (nSPS) is 22.1. The molecule has 0 aromatic heterocycles. The van der Waals surface area contributed by atoms with E-state index in [0.29, 0.717) is 13.1 Å². The molecule has 0 saturated carbocycles. The fraction of sp³-hybridized carbons (Fsp3) is 0.650. The van der Waals surface area contributed by atoms with E-state index in [1.54, 1.807) is 0 Å². The Morgan fingerprint density at radius 2 is 1.64 bits per heavy atom. The quantitative estimate of drug-likeness (QED) is 0.880. The van der Waals surface area contributed by atoms with Crippen LogP contribution in [0.4, 0.5) is 0 Å². The largest absolute Gasteiger partial charge is 0.387 e. The minimum Gasteiger partial charge on any atom is -0.387 e. The number of hydrogen-bond acceptors (Lipinski definition) is 4. The van der Waals surface area contributed by atoms with Gasteiger partial charge in [-0.25, -0.2) is 0 Å². The van der Waals surface area contributed by atoms with Gasteiger partial charge in [0.25, 0.3) is 0 Å². The van der Waals surface area contributed by atoms with Gasteiger partial charge in [-0.3, -0.25) is 14.6 Å². The lowest BCUT2D eigenvalue weighted by Gasteiger charge is -2.37. The second-order valence-electron chi connectivity index (χ2n) is 7.57. The van der Waals surface area contributed by atoms with Crippen molar-refractivity contribution in [2.45, 2.75) is 25.9 Å². The van der Waals surface area contributed by atoms with Gasteiger partial charge < -0.3 is 10.0 Å². The number of carbonyl (C=O) groups is 1. The summed E-state index contributed by atoms with van der Waals surface area (Å²) >= 11 is 0. The van der Waals surface area contributed by atoms with E-state index in [0.717, 1.165) is 63.6 Å². The summed E-state index contributed by atoms with van der Waals surface area (Å²) in [6.45, 7) is 8.94. The van der Waals surface area contributed by atoms with Crippen molar-refractivity contribution in [1.82, 2.24) is 14.7 Å². The van der Waals surface area contributed by atoms with Gasteiger partial charge in [0.1, 0.15) is 0 Å². The fourth-order valence-corrected chi connectivity index (χ4v) is 3.70. The van der Waals surface area contributed by atoms with E-state index in [-0.39, 0.29) is 5.91 Å². The lowest BCUT2D eigenvalue weighted by molar-refractivity contribution is -0.134. The predicted octanol–water partition coefficient (Wildman–Crippen LogP) is 1.60. The van der Waals surface area contributed by atoms with Crippen LogP contribution in [0.15, 0.2) is 30.3 Å². The topological polar surface area (TPSA) is 47.0 Å². The van der Waals surface area contributed by atoms with Crippen LogP contribution >= 0.6 is 0 Å². The number of amides is 1. The van der Waals surface area contributed by atoms with Crippen LogP contribution in [-0.4, -0.2) is 78.1 Å². The number of aliphatic hydroxyl groups is 1. The van der Waals surface area contributed by atoms with Crippen LogP contribution in [0.3, 0.4) is 0 Å². The van der Waals surface area contributed by atoms with Crippen LogP contribution in [-0.2, 0) is 4.79 Å². The number of rotatable bonds is 5. The van der Waals surface area contributed by atoms with Crippen molar-refractivity contribution in [2.24, 2.45) is 5.92 Å². The molecular weight excluding hydrogens is 314 g/mol. The molecule has 1 aromatic carbocycles. The van der Waals surface area contributed by atoms with Gasteiger partial charge in [0.15, 0.2) is 0 Å². The minimum atomic E-state index is -0.440. The molecule has 0 radical (unpaired) electrons. The summed E-state index contributed by atoms with van der Waals surface area (Å²) in [5.74, 6) is 1.04. The molecule has 1 aromatic rings. The zero-order chi connectivity index (χ0) is 17.6. The van der Waals surface area contributed by atoms with Gasteiger partial charge in [0.2, 0.25) is 5.91 Å². The number of β-amino-alcohol motifs (C(OH)–C–C–N with tert-alkyl or cyclic N) is 1. The Bertz CT molecular complexity index is 535. The zero-order valence-electron chi connectivity index (χ0n) is 15.3. The summed E-state index contributed by atoms with van der Waals surface area (Å²) in [4.78, 5) is 19.0. The number of piperazine rings is 1. The summed E-state index contributed by atoms with van der Waals surface area (Å²) in [5, 5.41) is 10.4. The third kappa shape index (κ3) is 5.27. The first kappa shape index (κ1) is 18.4. The zero-order valence-corrected chi connectivity index (χ0v) is 15.3. The second kappa shape index (κ2) is 8.79. The van der Waals surface area contributed by atoms with Crippen LogP contribution < -0.4 is 0 Å². The third-order valence-corrected chi connectivity index (χ3v) is 5.58. The van der Waals surface area contributed by atoms with E-state index in [2.05, 4.69) is 16.7 Å². The molecule has 0 bridgehead atoms. The van der Waals surface area contributed by atoms with E-state index >= 15 is 0 Å². The molecule has 0 aliphatic carbocycles. The van der Waals surface area contributed by atoms with Crippen LogP contribution in [0, 0.1) is 5.92 Å². The molecular formula is C20H31N3O2. The van der Waals surface area contributed by atoms with E-state index in [4.69, 9.17) is 0 Å². The molecule has 1 amide bonds. The highest BCUT2D eigenvalue weighted by atomic mass is 16.3. The highest BCUT2D eigenvalue weighted by Crippen LogP contribution is 2.17. The Kier molecular flexibility index (Phi) is 6.45. The van der Waals surface area contributed by atoms with Gasteiger partial charge in [0, 0.05) is 45.8 Å². The maximum atomic E-state index is 12.4. The Morgan fingerprint density at radius 1 is 1.04 bits per heavy atom. The number of hydrogen-bond donors (Lipinski definition) is 1. The van der Waals surface area contributed by atoms with Crippen LogP contribution in [0.25, 0.3) is 0 Å². The van der Waals surface area contributed by atoms with Crippen molar-refractivity contribution in [3.8, 4) is 0 Å². The smallest absolute Gasteiger partial charge is 0.236 e. The molecule has 138 valence electrons. The molecule has 25 heavy (non-hydrogen) atoms. The van der Waals surface area contributed by atoms with Crippen LogP contribution in [0.2, 0.25) is 0 Å². The van der Waals surface area contributed by atoms with Gasteiger partial charge in [0.05, 0.1) is 12.6 Å². The Morgan fingerprint density at radius 3 is 2.28 bits per heavy atom. The molecule has 3 rings (SSSR count). The monoisotopic (exact) mass is 345 g/mol. The standard InChI is InChI=1S/C20H31N3O2/c1-17-7-9-23(10-8-17)20(25)16-22-13-11-21(12-14-22)15-19(24)18-5-3-2-4-6-18/h2-6,17,19,24H,7-16H2,1H3. The van der Waals surface area contributed by atoms with E-state index in [1.165, 1.54) is 0 Å². The van der Waals surface area contributed by atoms with Crippen molar-refractivity contribution in [1.29, 1.82) is 0 Å². The van der Waals surface area contributed by atoms with Gasteiger partial charge in [-0.05, 0) is 24.3 Å². The first-order valence-corrected chi connectivity index (χ1v) is 9.57.